The van der Waals surface area contributed by atoms with Crippen molar-refractivity contribution in [3.05, 3.63) is 36.3 Å². The lowest BCUT2D eigenvalue weighted by atomic mass is 10.0. The van der Waals surface area contributed by atoms with Crippen molar-refractivity contribution < 1.29 is 32.9 Å². The van der Waals surface area contributed by atoms with Crippen LogP contribution in [0.25, 0.3) is 16.8 Å². The highest BCUT2D eigenvalue weighted by Crippen LogP contribution is 2.37. The minimum absolute atomic E-state index is 0.0528. The van der Waals surface area contributed by atoms with Gasteiger partial charge in [0.2, 0.25) is 0 Å². The van der Waals surface area contributed by atoms with Crippen molar-refractivity contribution in [1.29, 1.82) is 0 Å². The van der Waals surface area contributed by atoms with Crippen LogP contribution in [0.3, 0.4) is 0 Å². The van der Waals surface area contributed by atoms with E-state index in [0.29, 0.717) is 22.5 Å². The topological polar surface area (TPSA) is 107 Å². The van der Waals surface area contributed by atoms with E-state index in [1.54, 1.807) is 20.0 Å². The van der Waals surface area contributed by atoms with Crippen LogP contribution in [0.4, 0.5) is 8.78 Å². The molecule has 1 fully saturated rings. The molecule has 0 spiro atoms. The molecule has 4 rings (SSSR count). The number of aliphatic hydroxyl groups is 1. The highest BCUT2D eigenvalue weighted by Gasteiger charge is 2.23. The van der Waals surface area contributed by atoms with Gasteiger partial charge in [-0.25, -0.2) is 9.50 Å². The normalized spacial score (nSPS) is 12.7. The first-order valence-corrected chi connectivity index (χ1v) is 10.7. The van der Waals surface area contributed by atoms with Crippen molar-refractivity contribution in [1.82, 2.24) is 19.9 Å². The smallest absolute Gasteiger partial charge is 0.387 e. The van der Waals surface area contributed by atoms with Crippen LogP contribution in [0.5, 0.6) is 17.2 Å². The molecule has 2 aromatic heterocycles. The molecule has 0 saturated heterocycles. The largest absolute Gasteiger partial charge is 0.496 e. The molecule has 0 aliphatic heterocycles. The molecule has 1 saturated carbocycles. The highest BCUT2D eigenvalue weighted by molar-refractivity contribution is 6.00. The van der Waals surface area contributed by atoms with Crippen molar-refractivity contribution in [3.63, 3.8) is 0 Å². The number of nitrogens with zero attached hydrogens (tertiary/aromatic N) is 3. The molecule has 0 unspecified atom stereocenters. The quantitative estimate of drug-likeness (QED) is 0.509. The predicted octanol–water partition coefficient (Wildman–Crippen LogP) is 3.69. The Morgan fingerprint density at radius 2 is 1.91 bits per heavy atom. The average Bonchev–Trinajstić information content (AvgIpc) is 3.61. The number of rotatable bonds is 8. The lowest BCUT2D eigenvalue weighted by Gasteiger charge is -2.17. The molecule has 3 aromatic rings. The third-order valence-corrected chi connectivity index (χ3v) is 4.55. The molecule has 0 radical (unpaired) electrons. The number of carbonyl (C=O) groups is 1. The second-order valence-corrected chi connectivity index (χ2v) is 8.29. The summed E-state index contributed by atoms with van der Waals surface area (Å²) in [7, 11) is 2.69. The first kappa shape index (κ1) is 25.2. The fourth-order valence-corrected chi connectivity index (χ4v) is 2.84. The Morgan fingerprint density at radius 1 is 1.24 bits per heavy atom. The molecule has 11 heteroatoms. The summed E-state index contributed by atoms with van der Waals surface area (Å²) in [6.45, 7) is 0.140. The summed E-state index contributed by atoms with van der Waals surface area (Å²) in [5.41, 5.74) is 0.144. The standard InChI is InChI=1S/C20H22F2N4O5.C3H6/c1-20(2,28)10-30-12-7-24-17-13(8-25-26(17)9-12)11-5-14(29-4)16(18(27)23-3)15(6-11)31-19(21)22;1-2-3-1/h5-9,19,28H,10H2,1-4H3,(H,23,27);1-3H2. The molecule has 1 aliphatic carbocycles. The SMILES string of the molecule is C1CC1.CNC(=O)c1c(OC)cc(-c2cnn3cc(OCC(C)(C)O)cnc23)cc1OC(F)F. The van der Waals surface area contributed by atoms with Gasteiger partial charge in [0.15, 0.2) is 11.4 Å². The minimum Gasteiger partial charge on any atom is -0.496 e. The van der Waals surface area contributed by atoms with E-state index in [1.165, 1.54) is 62.5 Å². The highest BCUT2D eigenvalue weighted by atomic mass is 19.3. The van der Waals surface area contributed by atoms with Gasteiger partial charge in [0.1, 0.15) is 23.7 Å². The Morgan fingerprint density at radius 3 is 2.47 bits per heavy atom. The van der Waals surface area contributed by atoms with E-state index in [4.69, 9.17) is 9.47 Å². The van der Waals surface area contributed by atoms with Crippen LogP contribution in [0.1, 0.15) is 43.5 Å². The number of nitrogens with one attached hydrogen (secondary N) is 1. The number of alkyl halides is 2. The van der Waals surface area contributed by atoms with Gasteiger partial charge in [0.25, 0.3) is 5.91 Å². The zero-order valence-corrected chi connectivity index (χ0v) is 19.5. The molecule has 0 bridgehead atoms. The van der Waals surface area contributed by atoms with Crippen LogP contribution < -0.4 is 19.5 Å². The predicted molar refractivity (Wildman–Crippen MR) is 121 cm³/mol. The Hall–Kier alpha value is -3.47. The van der Waals surface area contributed by atoms with Gasteiger partial charge in [-0.05, 0) is 31.5 Å². The van der Waals surface area contributed by atoms with Gasteiger partial charge in [-0.3, -0.25) is 4.79 Å². The van der Waals surface area contributed by atoms with E-state index in [0.717, 1.165) is 0 Å². The van der Waals surface area contributed by atoms with E-state index in [9.17, 15) is 18.7 Å². The van der Waals surface area contributed by atoms with E-state index in [1.807, 2.05) is 0 Å². The molecule has 0 atom stereocenters. The number of ether oxygens (including phenoxy) is 3. The maximum atomic E-state index is 13.0. The number of halogens is 2. The average molecular weight is 478 g/mol. The first-order valence-electron chi connectivity index (χ1n) is 10.7. The lowest BCUT2D eigenvalue weighted by Crippen LogP contribution is -2.27. The van der Waals surface area contributed by atoms with Crippen molar-refractivity contribution in [2.75, 3.05) is 20.8 Å². The number of amides is 1. The molecule has 184 valence electrons. The van der Waals surface area contributed by atoms with Gasteiger partial charge >= 0.3 is 6.61 Å². The Kier molecular flexibility index (Phi) is 7.87. The van der Waals surface area contributed by atoms with Gasteiger partial charge < -0.3 is 24.6 Å². The number of carbonyl (C=O) groups excluding carboxylic acids is 1. The fraction of sp³-hybridized carbons (Fsp3) is 0.435. The summed E-state index contributed by atoms with van der Waals surface area (Å²) in [5, 5.41) is 16.4. The monoisotopic (exact) mass is 478 g/mol. The Balaban J connectivity index is 0.000000999. The third-order valence-electron chi connectivity index (χ3n) is 4.55. The molecule has 1 aromatic carbocycles. The van der Waals surface area contributed by atoms with Crippen molar-refractivity contribution in [2.45, 2.75) is 45.3 Å². The Bertz CT molecular complexity index is 1140. The second-order valence-electron chi connectivity index (χ2n) is 8.29. The zero-order chi connectivity index (χ0) is 24.9. The Labute approximate surface area is 195 Å². The minimum atomic E-state index is -3.14. The maximum Gasteiger partial charge on any atom is 0.387 e. The first-order chi connectivity index (χ1) is 16.1. The van der Waals surface area contributed by atoms with E-state index < -0.39 is 18.1 Å². The van der Waals surface area contributed by atoms with Crippen LogP contribution in [-0.4, -0.2) is 58.6 Å². The molecule has 2 N–H and O–H groups in total. The molecule has 2 heterocycles. The molecular weight excluding hydrogens is 450 g/mol. The summed E-state index contributed by atoms with van der Waals surface area (Å²) >= 11 is 0. The lowest BCUT2D eigenvalue weighted by molar-refractivity contribution is -0.0502. The van der Waals surface area contributed by atoms with Gasteiger partial charge in [0, 0.05) is 12.6 Å². The van der Waals surface area contributed by atoms with Gasteiger partial charge in [-0.15, -0.1) is 0 Å². The molecular formula is C23H28F2N4O5. The van der Waals surface area contributed by atoms with Crippen LogP contribution in [0, 0.1) is 0 Å². The summed E-state index contributed by atoms with van der Waals surface area (Å²) in [6.07, 6.45) is 9.02. The van der Waals surface area contributed by atoms with Crippen molar-refractivity contribution >= 4 is 11.6 Å². The van der Waals surface area contributed by atoms with E-state index in [-0.39, 0.29) is 23.7 Å². The second kappa shape index (κ2) is 10.6. The number of benzene rings is 1. The maximum absolute atomic E-state index is 13.0. The van der Waals surface area contributed by atoms with Crippen LogP contribution in [0.15, 0.2) is 30.7 Å². The van der Waals surface area contributed by atoms with Gasteiger partial charge in [0.05, 0.1) is 31.3 Å². The summed E-state index contributed by atoms with van der Waals surface area (Å²) in [4.78, 5) is 16.5. The summed E-state index contributed by atoms with van der Waals surface area (Å²) in [6, 6.07) is 2.82. The summed E-state index contributed by atoms with van der Waals surface area (Å²) < 4.78 is 42.7. The molecule has 34 heavy (non-hydrogen) atoms. The number of fused-ring (bicyclic) bond motifs is 1. The third kappa shape index (κ3) is 6.53. The summed E-state index contributed by atoms with van der Waals surface area (Å²) in [5.74, 6) is -0.533. The van der Waals surface area contributed by atoms with Crippen LogP contribution in [-0.2, 0) is 0 Å². The fourth-order valence-electron chi connectivity index (χ4n) is 2.84. The van der Waals surface area contributed by atoms with Gasteiger partial charge in [-0.2, -0.15) is 13.9 Å². The number of hydrogen-bond donors (Lipinski definition) is 2. The van der Waals surface area contributed by atoms with E-state index >= 15 is 0 Å². The van der Waals surface area contributed by atoms with Crippen LogP contribution >= 0.6 is 0 Å². The number of hydrogen-bond acceptors (Lipinski definition) is 7. The van der Waals surface area contributed by atoms with Gasteiger partial charge in [-0.1, -0.05) is 19.3 Å². The van der Waals surface area contributed by atoms with Crippen molar-refractivity contribution in [2.24, 2.45) is 0 Å². The molecule has 1 amide bonds. The molecule has 9 nitrogen and oxygen atoms in total. The zero-order valence-electron chi connectivity index (χ0n) is 19.5. The number of aromatic nitrogens is 3. The van der Waals surface area contributed by atoms with E-state index in [2.05, 4.69) is 20.1 Å². The molecule has 1 aliphatic rings. The number of methoxy groups -OCH3 is 1. The van der Waals surface area contributed by atoms with Crippen LogP contribution in [0.2, 0.25) is 0 Å². The van der Waals surface area contributed by atoms with Crippen molar-refractivity contribution in [3.8, 4) is 28.4 Å².